The lowest BCUT2D eigenvalue weighted by molar-refractivity contribution is -0.401. The summed E-state index contributed by atoms with van der Waals surface area (Å²) in [5, 5.41) is 23.2. The summed E-state index contributed by atoms with van der Waals surface area (Å²) in [6, 6.07) is 6.23. The van der Waals surface area contributed by atoms with Gasteiger partial charge in [-0.25, -0.2) is 4.99 Å². The van der Waals surface area contributed by atoms with Crippen molar-refractivity contribution in [3.05, 3.63) is 34.4 Å². The molecule has 4 heterocycles. The predicted octanol–water partition coefficient (Wildman–Crippen LogP) is 2.44. The Labute approximate surface area is 141 Å². The van der Waals surface area contributed by atoms with E-state index in [1.54, 1.807) is 18.5 Å². The highest BCUT2D eigenvalue weighted by molar-refractivity contribution is 5.61. The first-order valence-corrected chi connectivity index (χ1v) is 7.96. The second-order valence-corrected chi connectivity index (χ2v) is 5.72. The Hall–Kier alpha value is -3.30. The van der Waals surface area contributed by atoms with Crippen LogP contribution in [0, 0.1) is 10.1 Å². The first-order valence-electron chi connectivity index (χ1n) is 7.96. The van der Waals surface area contributed by atoms with E-state index in [-0.39, 0.29) is 17.5 Å². The zero-order chi connectivity index (χ0) is 17.2. The van der Waals surface area contributed by atoms with E-state index < -0.39 is 4.92 Å². The molecule has 0 spiro atoms. The smallest absolute Gasteiger partial charge is 0.397 e. The van der Waals surface area contributed by atoms with Gasteiger partial charge < -0.3 is 9.32 Å². The fourth-order valence-electron chi connectivity index (χ4n) is 2.72. The molecule has 128 valence electrons. The number of furan rings is 1. The van der Waals surface area contributed by atoms with Gasteiger partial charge in [0.15, 0.2) is 17.2 Å². The van der Waals surface area contributed by atoms with Gasteiger partial charge in [0.2, 0.25) is 5.82 Å². The molecule has 0 amide bonds. The van der Waals surface area contributed by atoms with Gasteiger partial charge in [-0.05, 0) is 37.5 Å². The molecule has 1 saturated heterocycles. The average Bonchev–Trinajstić information content (AvgIpc) is 3.27. The lowest BCUT2D eigenvalue weighted by atomic mass is 10.1. The van der Waals surface area contributed by atoms with Crippen molar-refractivity contribution in [2.75, 3.05) is 13.1 Å². The van der Waals surface area contributed by atoms with Crippen LogP contribution in [-0.2, 0) is 0 Å². The van der Waals surface area contributed by atoms with E-state index in [2.05, 4.69) is 25.2 Å². The van der Waals surface area contributed by atoms with Gasteiger partial charge in [0.25, 0.3) is 0 Å². The Balaban J connectivity index is 1.65. The highest BCUT2D eigenvalue weighted by atomic mass is 16.6. The van der Waals surface area contributed by atoms with Crippen molar-refractivity contribution in [1.82, 2.24) is 24.7 Å². The largest absolute Gasteiger partial charge is 0.433 e. The normalized spacial score (nSPS) is 15.3. The summed E-state index contributed by atoms with van der Waals surface area (Å²) in [4.78, 5) is 16.7. The molecule has 0 unspecified atom stereocenters. The molecule has 0 saturated carbocycles. The second-order valence-electron chi connectivity index (χ2n) is 5.72. The molecule has 0 N–H and O–H groups in total. The minimum atomic E-state index is -0.603. The van der Waals surface area contributed by atoms with Crippen LogP contribution < -0.4 is 0 Å². The van der Waals surface area contributed by atoms with E-state index in [0.717, 1.165) is 13.1 Å². The number of piperidine rings is 1. The van der Waals surface area contributed by atoms with Crippen LogP contribution in [0.15, 0.2) is 33.7 Å². The summed E-state index contributed by atoms with van der Waals surface area (Å²) < 4.78 is 6.65. The van der Waals surface area contributed by atoms with E-state index in [1.807, 2.05) is 0 Å². The highest BCUT2D eigenvalue weighted by Crippen LogP contribution is 2.25. The van der Waals surface area contributed by atoms with Gasteiger partial charge in [-0.2, -0.15) is 4.52 Å². The fourth-order valence-corrected chi connectivity index (χ4v) is 2.72. The lowest BCUT2D eigenvalue weighted by Crippen LogP contribution is -2.28. The van der Waals surface area contributed by atoms with Crippen molar-refractivity contribution < 1.29 is 9.34 Å². The van der Waals surface area contributed by atoms with Gasteiger partial charge in [-0.3, -0.25) is 10.1 Å². The van der Waals surface area contributed by atoms with Crippen LogP contribution in [0.3, 0.4) is 0 Å². The Morgan fingerprint density at radius 3 is 2.76 bits per heavy atom. The molecule has 25 heavy (non-hydrogen) atoms. The molecule has 10 heteroatoms. The lowest BCUT2D eigenvalue weighted by Gasteiger charge is -2.23. The van der Waals surface area contributed by atoms with Gasteiger partial charge in [0.05, 0.1) is 12.4 Å². The van der Waals surface area contributed by atoms with E-state index in [4.69, 9.17) is 4.42 Å². The molecular formula is C15H15N7O3. The number of likely N-dealkylation sites (tertiary alicyclic amines) is 1. The van der Waals surface area contributed by atoms with Crippen LogP contribution in [0.25, 0.3) is 17.2 Å². The zero-order valence-corrected chi connectivity index (χ0v) is 13.3. The van der Waals surface area contributed by atoms with Gasteiger partial charge in [0, 0.05) is 13.1 Å². The third-order valence-corrected chi connectivity index (χ3v) is 3.98. The maximum Gasteiger partial charge on any atom is 0.433 e. The molecule has 1 fully saturated rings. The Bertz CT molecular complexity index is 940. The maximum absolute atomic E-state index is 10.8. The summed E-state index contributed by atoms with van der Waals surface area (Å²) >= 11 is 0. The topological polar surface area (TPSA) is 115 Å². The highest BCUT2D eigenvalue weighted by Gasteiger charge is 2.18. The van der Waals surface area contributed by atoms with Crippen molar-refractivity contribution >= 4 is 23.7 Å². The summed E-state index contributed by atoms with van der Waals surface area (Å²) in [5.74, 6) is 0.660. The molecule has 1 aliphatic heterocycles. The van der Waals surface area contributed by atoms with E-state index in [1.165, 1.54) is 35.9 Å². The molecule has 0 atom stereocenters. The van der Waals surface area contributed by atoms with Crippen molar-refractivity contribution in [2.24, 2.45) is 4.99 Å². The van der Waals surface area contributed by atoms with Crippen molar-refractivity contribution in [1.29, 1.82) is 0 Å². The minimum Gasteiger partial charge on any atom is -0.397 e. The van der Waals surface area contributed by atoms with Gasteiger partial charge in [-0.1, -0.05) is 0 Å². The summed E-state index contributed by atoms with van der Waals surface area (Å²) in [7, 11) is 0. The molecule has 1 aliphatic rings. The van der Waals surface area contributed by atoms with Crippen LogP contribution >= 0.6 is 0 Å². The van der Waals surface area contributed by atoms with E-state index >= 15 is 0 Å². The Morgan fingerprint density at radius 2 is 2.00 bits per heavy atom. The predicted molar refractivity (Wildman–Crippen MR) is 88.7 cm³/mol. The summed E-state index contributed by atoms with van der Waals surface area (Å²) in [6.07, 6.45) is 5.40. The number of aromatic nitrogens is 4. The van der Waals surface area contributed by atoms with Crippen LogP contribution in [-0.4, -0.2) is 49.1 Å². The van der Waals surface area contributed by atoms with Crippen LogP contribution in [0.4, 0.5) is 11.7 Å². The SMILES string of the molecule is O=[N+]([O-])c1ccc(-c2nnc3ccc(N=CN4CCCCC4)nn23)o1. The van der Waals surface area contributed by atoms with Crippen molar-refractivity contribution in [3.8, 4) is 11.6 Å². The van der Waals surface area contributed by atoms with Crippen LogP contribution in [0.2, 0.25) is 0 Å². The molecular weight excluding hydrogens is 326 g/mol. The summed E-state index contributed by atoms with van der Waals surface area (Å²) in [6.45, 7) is 2.00. The standard InChI is InChI=1S/C15H15N7O3/c23-22(24)14-7-4-11(25-14)15-18-17-13-6-5-12(19-21(13)15)16-10-20-8-2-1-3-9-20/h4-7,10H,1-3,8-9H2. The van der Waals surface area contributed by atoms with Gasteiger partial charge in [-0.15, -0.1) is 15.3 Å². The minimum absolute atomic E-state index is 0.226. The number of rotatable bonds is 4. The first kappa shape index (κ1) is 15.2. The number of nitrogens with zero attached hydrogens (tertiary/aromatic N) is 7. The fraction of sp³-hybridized carbons (Fsp3) is 0.333. The molecule has 3 aromatic heterocycles. The maximum atomic E-state index is 10.8. The first-order chi connectivity index (χ1) is 12.2. The molecule has 4 rings (SSSR count). The summed E-state index contributed by atoms with van der Waals surface area (Å²) in [5.41, 5.74) is 0.506. The van der Waals surface area contributed by atoms with Crippen molar-refractivity contribution in [2.45, 2.75) is 19.3 Å². The quantitative estimate of drug-likeness (QED) is 0.310. The molecule has 0 radical (unpaired) electrons. The molecule has 0 aliphatic carbocycles. The van der Waals surface area contributed by atoms with Crippen molar-refractivity contribution in [3.63, 3.8) is 0 Å². The van der Waals surface area contributed by atoms with Crippen LogP contribution in [0.1, 0.15) is 19.3 Å². The molecule has 0 bridgehead atoms. The Morgan fingerprint density at radius 1 is 1.16 bits per heavy atom. The molecule has 0 aromatic carbocycles. The van der Waals surface area contributed by atoms with Crippen LogP contribution in [0.5, 0.6) is 0 Å². The van der Waals surface area contributed by atoms with Gasteiger partial charge in [0.1, 0.15) is 4.92 Å². The number of fused-ring (bicyclic) bond motifs is 1. The number of aliphatic imine (C=N–C) groups is 1. The zero-order valence-electron chi connectivity index (χ0n) is 13.3. The van der Waals surface area contributed by atoms with E-state index in [0.29, 0.717) is 11.5 Å². The number of nitro groups is 1. The number of hydrogen-bond acceptors (Lipinski definition) is 7. The molecule has 10 nitrogen and oxygen atoms in total. The second kappa shape index (κ2) is 6.30. The third kappa shape index (κ3) is 3.05. The number of hydrogen-bond donors (Lipinski definition) is 0. The average molecular weight is 341 g/mol. The third-order valence-electron chi connectivity index (χ3n) is 3.98. The van der Waals surface area contributed by atoms with Gasteiger partial charge >= 0.3 is 5.88 Å². The molecule has 3 aromatic rings. The van der Waals surface area contributed by atoms with E-state index in [9.17, 15) is 10.1 Å². The Kier molecular flexibility index (Phi) is 3.84. The monoisotopic (exact) mass is 341 g/mol.